The Balaban J connectivity index is 1.92. The Morgan fingerprint density at radius 3 is 2.60 bits per heavy atom. The molecule has 3 nitrogen and oxygen atoms in total. The van der Waals surface area contributed by atoms with Gasteiger partial charge in [0.15, 0.2) is 0 Å². The van der Waals surface area contributed by atoms with Gasteiger partial charge in [-0.1, -0.05) is 26.0 Å². The second-order valence-electron chi connectivity index (χ2n) is 5.46. The normalized spacial score (nSPS) is 11.1. The van der Waals surface area contributed by atoms with Crippen molar-refractivity contribution in [2.75, 3.05) is 0 Å². The molecular formula is C17H23NO2. The van der Waals surface area contributed by atoms with Crippen molar-refractivity contribution in [3.8, 4) is 5.75 Å². The fourth-order valence-corrected chi connectivity index (χ4v) is 1.91. The van der Waals surface area contributed by atoms with Gasteiger partial charge >= 0.3 is 0 Å². The first-order valence-electron chi connectivity index (χ1n) is 7.05. The van der Waals surface area contributed by atoms with Crippen molar-refractivity contribution < 1.29 is 9.15 Å². The minimum Gasteiger partial charge on any atom is -0.485 e. The maximum atomic E-state index is 5.83. The first-order valence-corrected chi connectivity index (χ1v) is 7.05. The molecule has 0 bridgehead atoms. The lowest BCUT2D eigenvalue weighted by atomic mass is 10.1. The van der Waals surface area contributed by atoms with Gasteiger partial charge in [-0.3, -0.25) is 0 Å². The van der Waals surface area contributed by atoms with Gasteiger partial charge in [-0.2, -0.15) is 0 Å². The molecule has 0 saturated heterocycles. The molecule has 0 aliphatic carbocycles. The van der Waals surface area contributed by atoms with Crippen LogP contribution in [0.15, 0.2) is 34.7 Å². The third kappa shape index (κ3) is 4.14. The molecule has 1 N–H and O–H groups in total. The van der Waals surface area contributed by atoms with E-state index in [-0.39, 0.29) is 0 Å². The van der Waals surface area contributed by atoms with Crippen LogP contribution in [0, 0.1) is 13.8 Å². The molecule has 1 heterocycles. The number of hydrogen-bond donors (Lipinski definition) is 1. The highest BCUT2D eigenvalue weighted by molar-refractivity contribution is 5.36. The van der Waals surface area contributed by atoms with Crippen LogP contribution in [0.5, 0.6) is 5.75 Å². The lowest BCUT2D eigenvalue weighted by molar-refractivity contribution is 0.263. The van der Waals surface area contributed by atoms with Crippen molar-refractivity contribution in [1.29, 1.82) is 0 Å². The zero-order valence-corrected chi connectivity index (χ0v) is 12.7. The van der Waals surface area contributed by atoms with Gasteiger partial charge in [0.05, 0.1) is 6.54 Å². The zero-order chi connectivity index (χ0) is 14.5. The standard InChI is InChI=1S/C17H23NO2/c1-12(2)18-10-15-7-8-16(20-15)11-19-17-9-13(3)5-6-14(17)4/h5-9,12,18H,10-11H2,1-4H3. The van der Waals surface area contributed by atoms with E-state index in [1.54, 1.807) is 0 Å². The monoisotopic (exact) mass is 273 g/mol. The van der Waals surface area contributed by atoms with Crippen LogP contribution < -0.4 is 10.1 Å². The molecule has 0 saturated carbocycles. The number of ether oxygens (including phenoxy) is 1. The van der Waals surface area contributed by atoms with E-state index in [0.29, 0.717) is 12.6 Å². The van der Waals surface area contributed by atoms with Gasteiger partial charge in [-0.15, -0.1) is 0 Å². The molecule has 0 spiro atoms. The van der Waals surface area contributed by atoms with E-state index in [2.05, 4.69) is 51.2 Å². The van der Waals surface area contributed by atoms with E-state index < -0.39 is 0 Å². The molecule has 1 aromatic carbocycles. The highest BCUT2D eigenvalue weighted by atomic mass is 16.5. The third-order valence-electron chi connectivity index (χ3n) is 3.12. The number of furan rings is 1. The maximum absolute atomic E-state index is 5.83. The van der Waals surface area contributed by atoms with E-state index in [1.807, 2.05) is 12.1 Å². The summed E-state index contributed by atoms with van der Waals surface area (Å²) in [6.45, 7) is 9.57. The van der Waals surface area contributed by atoms with E-state index in [9.17, 15) is 0 Å². The van der Waals surface area contributed by atoms with Crippen LogP contribution >= 0.6 is 0 Å². The topological polar surface area (TPSA) is 34.4 Å². The predicted octanol–water partition coefficient (Wildman–Crippen LogP) is 3.97. The summed E-state index contributed by atoms with van der Waals surface area (Å²) in [5.74, 6) is 2.72. The highest BCUT2D eigenvalue weighted by Gasteiger charge is 2.05. The zero-order valence-electron chi connectivity index (χ0n) is 12.7. The largest absolute Gasteiger partial charge is 0.485 e. The van der Waals surface area contributed by atoms with Crippen LogP contribution in [-0.4, -0.2) is 6.04 Å². The second-order valence-corrected chi connectivity index (χ2v) is 5.46. The summed E-state index contributed by atoms with van der Waals surface area (Å²) >= 11 is 0. The van der Waals surface area contributed by atoms with Crippen LogP contribution in [0.4, 0.5) is 0 Å². The van der Waals surface area contributed by atoms with E-state index in [1.165, 1.54) is 5.56 Å². The molecule has 20 heavy (non-hydrogen) atoms. The Kier molecular flexibility index (Phi) is 4.85. The summed E-state index contributed by atoms with van der Waals surface area (Å²) in [6, 6.07) is 10.6. The quantitative estimate of drug-likeness (QED) is 0.864. The van der Waals surface area contributed by atoms with Crippen molar-refractivity contribution in [2.45, 2.75) is 46.9 Å². The average molecular weight is 273 g/mol. The highest BCUT2D eigenvalue weighted by Crippen LogP contribution is 2.21. The van der Waals surface area contributed by atoms with Crippen molar-refractivity contribution in [1.82, 2.24) is 5.32 Å². The van der Waals surface area contributed by atoms with E-state index in [4.69, 9.17) is 9.15 Å². The Hall–Kier alpha value is -1.74. The number of nitrogens with one attached hydrogen (secondary N) is 1. The number of benzene rings is 1. The van der Waals surface area contributed by atoms with Crippen molar-refractivity contribution in [3.63, 3.8) is 0 Å². The molecule has 0 atom stereocenters. The summed E-state index contributed by atoms with van der Waals surface area (Å²) in [5, 5.41) is 3.33. The Morgan fingerprint density at radius 2 is 1.85 bits per heavy atom. The number of aryl methyl sites for hydroxylation is 2. The van der Waals surface area contributed by atoms with Crippen LogP contribution in [-0.2, 0) is 13.2 Å². The van der Waals surface area contributed by atoms with Crippen molar-refractivity contribution in [2.24, 2.45) is 0 Å². The molecular weight excluding hydrogens is 250 g/mol. The smallest absolute Gasteiger partial charge is 0.146 e. The molecule has 1 aromatic heterocycles. The molecule has 0 unspecified atom stereocenters. The Labute approximate surface area is 121 Å². The van der Waals surface area contributed by atoms with Gasteiger partial charge in [0.2, 0.25) is 0 Å². The minimum absolute atomic E-state index is 0.453. The van der Waals surface area contributed by atoms with Crippen LogP contribution in [0.3, 0.4) is 0 Å². The third-order valence-corrected chi connectivity index (χ3v) is 3.12. The van der Waals surface area contributed by atoms with Crippen LogP contribution in [0.2, 0.25) is 0 Å². The molecule has 0 aliphatic heterocycles. The first-order chi connectivity index (χ1) is 9.54. The van der Waals surface area contributed by atoms with Crippen molar-refractivity contribution >= 4 is 0 Å². The lowest BCUT2D eigenvalue weighted by Gasteiger charge is -2.08. The molecule has 3 heteroatoms. The Bertz CT molecular complexity index is 558. The molecule has 0 fully saturated rings. The summed E-state index contributed by atoms with van der Waals surface area (Å²) in [6.07, 6.45) is 0. The SMILES string of the molecule is Cc1ccc(C)c(OCc2ccc(CNC(C)C)o2)c1. The van der Waals surface area contributed by atoms with Crippen LogP contribution in [0.1, 0.15) is 36.5 Å². The second kappa shape index (κ2) is 6.62. The van der Waals surface area contributed by atoms with E-state index >= 15 is 0 Å². The molecule has 0 aliphatic rings. The summed E-state index contributed by atoms with van der Waals surface area (Å²) in [5.41, 5.74) is 2.34. The minimum atomic E-state index is 0.453. The fourth-order valence-electron chi connectivity index (χ4n) is 1.91. The molecule has 0 radical (unpaired) electrons. The summed E-state index contributed by atoms with van der Waals surface area (Å²) in [7, 11) is 0. The first kappa shape index (κ1) is 14.7. The summed E-state index contributed by atoms with van der Waals surface area (Å²) < 4.78 is 11.6. The van der Waals surface area contributed by atoms with Gasteiger partial charge < -0.3 is 14.5 Å². The summed E-state index contributed by atoms with van der Waals surface area (Å²) in [4.78, 5) is 0. The molecule has 108 valence electrons. The Morgan fingerprint density at radius 1 is 1.10 bits per heavy atom. The lowest BCUT2D eigenvalue weighted by Crippen LogP contribution is -2.21. The van der Waals surface area contributed by atoms with Crippen LogP contribution in [0.25, 0.3) is 0 Å². The molecule has 2 rings (SSSR count). The molecule has 2 aromatic rings. The van der Waals surface area contributed by atoms with Gasteiger partial charge in [0, 0.05) is 6.04 Å². The number of hydrogen-bond acceptors (Lipinski definition) is 3. The van der Waals surface area contributed by atoms with Gasteiger partial charge in [0.1, 0.15) is 23.9 Å². The molecule has 0 amide bonds. The fraction of sp³-hybridized carbons (Fsp3) is 0.412. The van der Waals surface area contributed by atoms with Crippen molar-refractivity contribution in [3.05, 3.63) is 53.0 Å². The average Bonchev–Trinajstić information content (AvgIpc) is 2.85. The van der Waals surface area contributed by atoms with E-state index in [0.717, 1.165) is 29.4 Å². The van der Waals surface area contributed by atoms with Gasteiger partial charge in [-0.25, -0.2) is 0 Å². The predicted molar refractivity (Wildman–Crippen MR) is 80.9 cm³/mol. The van der Waals surface area contributed by atoms with Gasteiger partial charge in [0.25, 0.3) is 0 Å². The number of rotatable bonds is 6. The maximum Gasteiger partial charge on any atom is 0.146 e. The van der Waals surface area contributed by atoms with Gasteiger partial charge in [-0.05, 0) is 43.2 Å².